The highest BCUT2D eigenvalue weighted by atomic mass is 16.3. The highest BCUT2D eigenvalue weighted by Gasteiger charge is 2.27. The van der Waals surface area contributed by atoms with Gasteiger partial charge in [0.1, 0.15) is 11.6 Å². The van der Waals surface area contributed by atoms with Crippen LogP contribution in [0.3, 0.4) is 0 Å². The lowest BCUT2D eigenvalue weighted by Gasteiger charge is -2.32. The van der Waals surface area contributed by atoms with E-state index in [0.29, 0.717) is 19.0 Å². The molecule has 0 saturated carbocycles. The molecule has 3 aromatic heterocycles. The zero-order valence-corrected chi connectivity index (χ0v) is 14.1. The maximum atomic E-state index is 12.4. The number of hydrogen-bond acceptors (Lipinski definition) is 4. The summed E-state index contributed by atoms with van der Waals surface area (Å²) in [6, 6.07) is 9.41. The van der Waals surface area contributed by atoms with Crippen molar-refractivity contribution >= 4 is 11.7 Å². The molecule has 1 N–H and O–H groups in total. The molecule has 130 valence electrons. The Hall–Kier alpha value is -2.83. The molecule has 0 radical (unpaired) electrons. The quantitative estimate of drug-likeness (QED) is 0.796. The summed E-state index contributed by atoms with van der Waals surface area (Å²) in [7, 11) is 0. The fourth-order valence-corrected chi connectivity index (χ4v) is 3.36. The number of piperidine rings is 1. The molecule has 7 nitrogen and oxygen atoms in total. The molecular weight excluding hydrogens is 318 g/mol. The van der Waals surface area contributed by atoms with Crippen molar-refractivity contribution in [3.8, 4) is 0 Å². The number of pyridine rings is 1. The van der Waals surface area contributed by atoms with Gasteiger partial charge in [-0.2, -0.15) is 0 Å². The summed E-state index contributed by atoms with van der Waals surface area (Å²) < 4.78 is 7.38. The fourth-order valence-electron chi connectivity index (χ4n) is 3.36. The van der Waals surface area contributed by atoms with E-state index in [1.807, 2.05) is 52.8 Å². The van der Waals surface area contributed by atoms with E-state index >= 15 is 0 Å². The molecule has 0 aromatic carbocycles. The van der Waals surface area contributed by atoms with Crippen LogP contribution < -0.4 is 5.32 Å². The molecule has 1 fully saturated rings. The first-order chi connectivity index (χ1) is 12.2. The molecule has 25 heavy (non-hydrogen) atoms. The van der Waals surface area contributed by atoms with Gasteiger partial charge in [-0.15, -0.1) is 10.2 Å². The lowest BCUT2D eigenvalue weighted by Crippen LogP contribution is -2.44. The Kier molecular flexibility index (Phi) is 4.13. The van der Waals surface area contributed by atoms with E-state index in [2.05, 4.69) is 15.5 Å². The van der Waals surface area contributed by atoms with Gasteiger partial charge in [0.15, 0.2) is 5.65 Å². The molecule has 0 aliphatic carbocycles. The van der Waals surface area contributed by atoms with E-state index < -0.39 is 0 Å². The van der Waals surface area contributed by atoms with Gasteiger partial charge in [0, 0.05) is 25.2 Å². The molecule has 1 atom stereocenters. The maximum absolute atomic E-state index is 12.4. The highest BCUT2D eigenvalue weighted by molar-refractivity contribution is 5.74. The Morgan fingerprint density at radius 1 is 1.24 bits per heavy atom. The van der Waals surface area contributed by atoms with Crippen molar-refractivity contribution in [1.29, 1.82) is 0 Å². The number of hydrogen-bond donors (Lipinski definition) is 1. The number of nitrogens with zero attached hydrogens (tertiary/aromatic N) is 4. The number of likely N-dealkylation sites (tertiary alicyclic amines) is 1. The summed E-state index contributed by atoms with van der Waals surface area (Å²) in [5.74, 6) is 2.07. The van der Waals surface area contributed by atoms with Gasteiger partial charge in [-0.05, 0) is 44.0 Å². The van der Waals surface area contributed by atoms with Crippen molar-refractivity contribution in [3.63, 3.8) is 0 Å². The van der Waals surface area contributed by atoms with Crippen molar-refractivity contribution in [2.45, 2.75) is 31.7 Å². The first-order valence-corrected chi connectivity index (χ1v) is 8.61. The van der Waals surface area contributed by atoms with Crippen molar-refractivity contribution in [2.75, 3.05) is 13.1 Å². The summed E-state index contributed by atoms with van der Waals surface area (Å²) in [6.07, 6.45) is 5.39. The second-order valence-corrected chi connectivity index (χ2v) is 6.43. The van der Waals surface area contributed by atoms with Crippen molar-refractivity contribution in [2.24, 2.45) is 0 Å². The monoisotopic (exact) mass is 339 g/mol. The predicted molar refractivity (Wildman–Crippen MR) is 92.2 cm³/mol. The molecule has 1 unspecified atom stereocenters. The number of urea groups is 1. The average Bonchev–Trinajstić information content (AvgIpc) is 3.32. The lowest BCUT2D eigenvalue weighted by atomic mass is 9.96. The smallest absolute Gasteiger partial charge is 0.317 e. The predicted octanol–water partition coefficient (Wildman–Crippen LogP) is 2.97. The molecule has 1 aliphatic rings. The SMILES string of the molecule is CC(NC(=O)N1CCC(c2nnc3ccccn23)CC1)c1ccco1. The Morgan fingerprint density at radius 2 is 2.08 bits per heavy atom. The summed E-state index contributed by atoms with van der Waals surface area (Å²) in [6.45, 7) is 3.35. The van der Waals surface area contributed by atoms with Crippen LogP contribution in [0.5, 0.6) is 0 Å². The summed E-state index contributed by atoms with van der Waals surface area (Å²) in [5, 5.41) is 11.6. The van der Waals surface area contributed by atoms with Crippen molar-refractivity contribution < 1.29 is 9.21 Å². The maximum Gasteiger partial charge on any atom is 0.317 e. The Bertz CT molecular complexity index is 849. The minimum atomic E-state index is -0.138. The summed E-state index contributed by atoms with van der Waals surface area (Å²) >= 11 is 0. The van der Waals surface area contributed by atoms with Gasteiger partial charge in [0.2, 0.25) is 0 Å². The second-order valence-electron chi connectivity index (χ2n) is 6.43. The molecule has 0 spiro atoms. The van der Waals surface area contributed by atoms with Crippen LogP contribution in [0.2, 0.25) is 0 Å². The third-order valence-corrected chi connectivity index (χ3v) is 4.80. The summed E-state index contributed by atoms with van der Waals surface area (Å²) in [5.41, 5.74) is 0.866. The molecular formula is C18H21N5O2. The number of furan rings is 1. The van der Waals surface area contributed by atoms with Crippen molar-refractivity contribution in [3.05, 3.63) is 54.4 Å². The number of rotatable bonds is 3. The van der Waals surface area contributed by atoms with E-state index in [-0.39, 0.29) is 12.1 Å². The van der Waals surface area contributed by atoms with Gasteiger partial charge in [0.05, 0.1) is 12.3 Å². The topological polar surface area (TPSA) is 75.7 Å². The van der Waals surface area contributed by atoms with Gasteiger partial charge in [0.25, 0.3) is 0 Å². The fraction of sp³-hybridized carbons (Fsp3) is 0.389. The normalized spacial score (nSPS) is 16.9. The van der Waals surface area contributed by atoms with Crippen LogP contribution >= 0.6 is 0 Å². The third-order valence-electron chi connectivity index (χ3n) is 4.80. The number of fused-ring (bicyclic) bond motifs is 1. The Labute approximate surface area is 145 Å². The molecule has 1 saturated heterocycles. The number of nitrogens with one attached hydrogen (secondary N) is 1. The first-order valence-electron chi connectivity index (χ1n) is 8.61. The molecule has 4 rings (SSSR count). The minimum absolute atomic E-state index is 0.0477. The lowest BCUT2D eigenvalue weighted by molar-refractivity contribution is 0.176. The van der Waals surface area contributed by atoms with E-state index in [4.69, 9.17) is 4.42 Å². The number of carbonyl (C=O) groups excluding carboxylic acids is 1. The van der Waals surface area contributed by atoms with Gasteiger partial charge < -0.3 is 14.6 Å². The van der Waals surface area contributed by atoms with Gasteiger partial charge in [-0.25, -0.2) is 4.79 Å². The molecule has 7 heteroatoms. The Morgan fingerprint density at radius 3 is 2.84 bits per heavy atom. The van der Waals surface area contributed by atoms with E-state index in [1.54, 1.807) is 6.26 Å². The largest absolute Gasteiger partial charge is 0.467 e. The van der Waals surface area contributed by atoms with Crippen LogP contribution in [0.4, 0.5) is 4.79 Å². The van der Waals surface area contributed by atoms with Crippen molar-refractivity contribution in [1.82, 2.24) is 24.8 Å². The standard InChI is InChI=1S/C18H21N5O2/c1-13(15-5-4-12-25-15)19-18(24)22-10-7-14(8-11-22)17-21-20-16-6-2-3-9-23(16)17/h2-6,9,12-14H,7-8,10-11H2,1H3,(H,19,24). The van der Waals surface area contributed by atoms with Gasteiger partial charge in [-0.1, -0.05) is 6.07 Å². The van der Waals surface area contributed by atoms with E-state index in [0.717, 1.165) is 30.1 Å². The molecule has 4 heterocycles. The van der Waals surface area contributed by atoms with Crippen LogP contribution in [-0.4, -0.2) is 38.6 Å². The van der Waals surface area contributed by atoms with Crippen LogP contribution in [-0.2, 0) is 0 Å². The van der Waals surface area contributed by atoms with Gasteiger partial charge in [-0.3, -0.25) is 4.40 Å². The number of aromatic nitrogens is 3. The third kappa shape index (κ3) is 3.09. The summed E-state index contributed by atoms with van der Waals surface area (Å²) in [4.78, 5) is 14.3. The van der Waals surface area contributed by atoms with Crippen LogP contribution in [0, 0.1) is 0 Å². The second kappa shape index (κ2) is 6.58. The first kappa shape index (κ1) is 15.7. The number of carbonyl (C=O) groups is 1. The number of amides is 2. The Balaban J connectivity index is 1.37. The molecule has 0 bridgehead atoms. The zero-order valence-electron chi connectivity index (χ0n) is 14.1. The minimum Gasteiger partial charge on any atom is -0.467 e. The molecule has 3 aromatic rings. The van der Waals surface area contributed by atoms with E-state index in [1.165, 1.54) is 0 Å². The molecule has 2 amide bonds. The van der Waals surface area contributed by atoms with E-state index in [9.17, 15) is 4.79 Å². The van der Waals surface area contributed by atoms with Crippen LogP contribution in [0.25, 0.3) is 5.65 Å². The average molecular weight is 339 g/mol. The van der Waals surface area contributed by atoms with Crippen LogP contribution in [0.1, 0.15) is 43.3 Å². The zero-order chi connectivity index (χ0) is 17.2. The van der Waals surface area contributed by atoms with Gasteiger partial charge >= 0.3 is 6.03 Å². The molecule has 1 aliphatic heterocycles. The van der Waals surface area contributed by atoms with Crippen LogP contribution in [0.15, 0.2) is 47.2 Å². The highest BCUT2D eigenvalue weighted by Crippen LogP contribution is 2.27.